The lowest BCUT2D eigenvalue weighted by atomic mass is 9.96. The Kier molecular flexibility index (Phi) is 4.49. The van der Waals surface area contributed by atoms with Crippen LogP contribution >= 0.6 is 11.3 Å². The van der Waals surface area contributed by atoms with E-state index in [0.29, 0.717) is 22.4 Å². The van der Waals surface area contributed by atoms with Gasteiger partial charge in [0.2, 0.25) is 0 Å². The lowest BCUT2D eigenvalue weighted by Gasteiger charge is -2.36. The molecule has 112 valence electrons. The van der Waals surface area contributed by atoms with Crippen molar-refractivity contribution in [2.45, 2.75) is 31.2 Å². The highest BCUT2D eigenvalue weighted by Crippen LogP contribution is 2.33. The fourth-order valence-electron chi connectivity index (χ4n) is 2.74. The fourth-order valence-corrected chi connectivity index (χ4v) is 3.50. The van der Waals surface area contributed by atoms with E-state index in [4.69, 9.17) is 5.73 Å². The van der Waals surface area contributed by atoms with E-state index in [-0.39, 0.29) is 11.4 Å². The van der Waals surface area contributed by atoms with Gasteiger partial charge >= 0.3 is 0 Å². The molecule has 1 amide bonds. The van der Waals surface area contributed by atoms with Gasteiger partial charge in [0, 0.05) is 19.1 Å². The fraction of sp³-hybridized carbons (Fsp3) is 0.692. The highest BCUT2D eigenvalue weighted by molar-refractivity contribution is 7.18. The molecule has 0 radical (unpaired) electrons. The number of amides is 1. The quantitative estimate of drug-likeness (QED) is 0.764. The predicted molar refractivity (Wildman–Crippen MR) is 83.3 cm³/mol. The molecule has 2 rings (SSSR count). The number of carbonyl (C=O) groups excluding carboxylic acids is 1. The summed E-state index contributed by atoms with van der Waals surface area (Å²) in [7, 11) is 5.93. The van der Waals surface area contributed by atoms with Gasteiger partial charge in [-0.1, -0.05) is 24.2 Å². The summed E-state index contributed by atoms with van der Waals surface area (Å²) in [5.41, 5.74) is 5.87. The summed E-state index contributed by atoms with van der Waals surface area (Å²) >= 11 is 1.28. The monoisotopic (exact) mass is 297 g/mol. The summed E-state index contributed by atoms with van der Waals surface area (Å²) in [5, 5.41) is 6.59. The molecule has 4 N–H and O–H groups in total. The molecule has 0 aliphatic heterocycles. The number of aromatic nitrogens is 1. The van der Waals surface area contributed by atoms with E-state index in [1.807, 2.05) is 0 Å². The number of nitrogens with one attached hydrogen (secondary N) is 2. The Labute approximate surface area is 123 Å². The number of nitrogens with zero attached hydrogens (tertiary/aromatic N) is 2. The minimum absolute atomic E-state index is 0.0843. The van der Waals surface area contributed by atoms with E-state index in [1.165, 1.54) is 24.2 Å². The average Bonchev–Trinajstić information content (AvgIpc) is 3.03. The molecular weight excluding hydrogens is 274 g/mol. The van der Waals surface area contributed by atoms with Crippen LogP contribution in [0.1, 0.15) is 35.4 Å². The Morgan fingerprint density at radius 3 is 2.60 bits per heavy atom. The second kappa shape index (κ2) is 5.97. The molecule has 1 aromatic rings. The van der Waals surface area contributed by atoms with Crippen LogP contribution in [0.15, 0.2) is 0 Å². The Bertz CT molecular complexity index is 479. The largest absolute Gasteiger partial charge is 0.382 e. The van der Waals surface area contributed by atoms with Crippen molar-refractivity contribution >= 4 is 28.2 Å². The van der Waals surface area contributed by atoms with Crippen molar-refractivity contribution in [3.63, 3.8) is 0 Å². The van der Waals surface area contributed by atoms with Crippen LogP contribution in [-0.4, -0.2) is 49.0 Å². The molecular formula is C13H23N5OS. The molecule has 1 fully saturated rings. The molecule has 1 aliphatic rings. The summed E-state index contributed by atoms with van der Waals surface area (Å²) in [6.45, 7) is 0.658. The molecule has 1 aromatic heterocycles. The van der Waals surface area contributed by atoms with Gasteiger partial charge in [0.05, 0.1) is 0 Å². The number of likely N-dealkylation sites (N-methyl/N-ethyl adjacent to an activating group) is 1. The zero-order valence-electron chi connectivity index (χ0n) is 12.3. The van der Waals surface area contributed by atoms with Gasteiger partial charge < -0.3 is 21.3 Å². The van der Waals surface area contributed by atoms with Crippen LogP contribution in [0.5, 0.6) is 0 Å². The van der Waals surface area contributed by atoms with Crippen LogP contribution in [0, 0.1) is 0 Å². The zero-order valence-corrected chi connectivity index (χ0v) is 13.1. The van der Waals surface area contributed by atoms with Crippen molar-refractivity contribution in [1.82, 2.24) is 15.2 Å². The first-order chi connectivity index (χ1) is 9.48. The van der Waals surface area contributed by atoms with Gasteiger partial charge in [-0.2, -0.15) is 0 Å². The number of hydrogen-bond acceptors (Lipinski definition) is 6. The molecule has 20 heavy (non-hydrogen) atoms. The van der Waals surface area contributed by atoms with Crippen molar-refractivity contribution < 1.29 is 4.79 Å². The molecule has 0 spiro atoms. The summed E-state index contributed by atoms with van der Waals surface area (Å²) in [5.74, 6) is 0.164. The number of hydrogen-bond donors (Lipinski definition) is 3. The lowest BCUT2D eigenvalue weighted by Crippen LogP contribution is -2.50. The second-order valence-electron chi connectivity index (χ2n) is 5.49. The first kappa shape index (κ1) is 15.1. The molecule has 0 unspecified atom stereocenters. The van der Waals surface area contributed by atoms with Gasteiger partial charge in [0.25, 0.3) is 5.91 Å². The smallest absolute Gasteiger partial charge is 0.265 e. The summed E-state index contributed by atoms with van der Waals surface area (Å²) in [6, 6.07) is 0. The summed E-state index contributed by atoms with van der Waals surface area (Å²) < 4.78 is 0. The molecule has 0 saturated heterocycles. The van der Waals surface area contributed by atoms with E-state index >= 15 is 0 Å². The molecule has 1 aliphatic carbocycles. The molecule has 1 heterocycles. The normalized spacial score (nSPS) is 17.4. The first-order valence-corrected chi connectivity index (χ1v) is 7.70. The van der Waals surface area contributed by atoms with Gasteiger partial charge in [-0.15, -0.1) is 0 Å². The number of nitrogen functional groups attached to an aromatic ring is 1. The third-order valence-electron chi connectivity index (χ3n) is 4.13. The molecule has 7 heteroatoms. The van der Waals surface area contributed by atoms with Gasteiger partial charge in [-0.05, 0) is 26.9 Å². The number of thiazole rings is 1. The summed E-state index contributed by atoms with van der Waals surface area (Å²) in [4.78, 5) is 19.1. The van der Waals surface area contributed by atoms with Crippen LogP contribution in [0.25, 0.3) is 0 Å². The van der Waals surface area contributed by atoms with Crippen LogP contribution in [0.3, 0.4) is 0 Å². The molecule has 0 atom stereocenters. The van der Waals surface area contributed by atoms with Crippen LogP contribution in [0.4, 0.5) is 10.9 Å². The van der Waals surface area contributed by atoms with Crippen LogP contribution in [0.2, 0.25) is 0 Å². The highest BCUT2D eigenvalue weighted by atomic mass is 32.1. The average molecular weight is 297 g/mol. The van der Waals surface area contributed by atoms with Crippen LogP contribution < -0.4 is 16.4 Å². The molecule has 0 aromatic carbocycles. The minimum Gasteiger partial charge on any atom is -0.382 e. The SMILES string of the molecule is CNc1nc(N)c(C(=O)NCC2(N(C)C)CCCC2)s1. The highest BCUT2D eigenvalue weighted by Gasteiger charge is 2.36. The topological polar surface area (TPSA) is 83.3 Å². The first-order valence-electron chi connectivity index (χ1n) is 6.88. The van der Waals surface area contributed by atoms with E-state index in [1.54, 1.807) is 7.05 Å². The molecule has 6 nitrogen and oxygen atoms in total. The Hall–Kier alpha value is -1.34. The van der Waals surface area contributed by atoms with Crippen LogP contribution in [-0.2, 0) is 0 Å². The summed E-state index contributed by atoms with van der Waals surface area (Å²) in [6.07, 6.45) is 4.70. The number of carbonyl (C=O) groups is 1. The maximum atomic E-state index is 12.2. The second-order valence-corrected chi connectivity index (χ2v) is 6.49. The maximum absolute atomic E-state index is 12.2. The maximum Gasteiger partial charge on any atom is 0.265 e. The van der Waals surface area contributed by atoms with Gasteiger partial charge in [0.1, 0.15) is 10.7 Å². The van der Waals surface area contributed by atoms with E-state index in [2.05, 4.69) is 34.6 Å². The Morgan fingerprint density at radius 2 is 2.10 bits per heavy atom. The third kappa shape index (κ3) is 2.88. The molecule has 1 saturated carbocycles. The van der Waals surface area contributed by atoms with Crippen molar-refractivity contribution in [2.75, 3.05) is 38.7 Å². The zero-order chi connectivity index (χ0) is 14.8. The molecule has 0 bridgehead atoms. The van der Waals surface area contributed by atoms with Crippen molar-refractivity contribution in [3.05, 3.63) is 4.88 Å². The van der Waals surface area contributed by atoms with E-state index in [0.717, 1.165) is 12.8 Å². The number of anilines is 2. The predicted octanol–water partition coefficient (Wildman–Crippen LogP) is 1.37. The third-order valence-corrected chi connectivity index (χ3v) is 5.22. The van der Waals surface area contributed by atoms with Crippen molar-refractivity contribution in [2.24, 2.45) is 0 Å². The van der Waals surface area contributed by atoms with Gasteiger partial charge in [-0.3, -0.25) is 4.79 Å². The number of nitrogens with two attached hydrogens (primary N) is 1. The van der Waals surface area contributed by atoms with E-state index < -0.39 is 0 Å². The Balaban J connectivity index is 2.02. The van der Waals surface area contributed by atoms with Gasteiger partial charge in [-0.25, -0.2) is 4.98 Å². The lowest BCUT2D eigenvalue weighted by molar-refractivity contribution is 0.0904. The van der Waals surface area contributed by atoms with Crippen molar-refractivity contribution in [1.29, 1.82) is 0 Å². The Morgan fingerprint density at radius 1 is 1.45 bits per heavy atom. The number of rotatable bonds is 5. The standard InChI is InChI=1S/C13H23N5OS/c1-15-12-17-10(14)9(20-12)11(19)16-8-13(18(2)3)6-4-5-7-13/h4-8,14H2,1-3H3,(H,15,17)(H,16,19). The van der Waals surface area contributed by atoms with Gasteiger partial charge in [0.15, 0.2) is 5.13 Å². The van der Waals surface area contributed by atoms with Crippen molar-refractivity contribution in [3.8, 4) is 0 Å². The van der Waals surface area contributed by atoms with E-state index in [9.17, 15) is 4.79 Å². The minimum atomic E-state index is -0.130.